The Morgan fingerprint density at radius 3 is 2.94 bits per heavy atom. The first-order valence-corrected chi connectivity index (χ1v) is 7.24. The molecule has 0 aromatic carbocycles. The maximum Gasteiger partial charge on any atom is 0.225 e. The van der Waals surface area contributed by atoms with Crippen molar-refractivity contribution in [3.05, 3.63) is 6.20 Å². The Balaban J connectivity index is 2.32. The van der Waals surface area contributed by atoms with E-state index in [1.807, 2.05) is 0 Å². The van der Waals surface area contributed by atoms with Crippen LogP contribution in [-0.4, -0.2) is 32.0 Å². The second kappa shape index (κ2) is 6.04. The van der Waals surface area contributed by atoms with Crippen molar-refractivity contribution in [1.82, 2.24) is 20.2 Å². The van der Waals surface area contributed by atoms with Gasteiger partial charge in [-0.25, -0.2) is 4.98 Å². The van der Waals surface area contributed by atoms with Crippen LogP contribution >= 0.6 is 11.8 Å². The summed E-state index contributed by atoms with van der Waals surface area (Å²) in [5.41, 5.74) is 0.800. The van der Waals surface area contributed by atoms with E-state index in [-0.39, 0.29) is 0 Å². The zero-order valence-corrected chi connectivity index (χ0v) is 11.8. The lowest BCUT2D eigenvalue weighted by Gasteiger charge is -2.10. The van der Waals surface area contributed by atoms with Gasteiger partial charge in [-0.3, -0.25) is 5.10 Å². The van der Waals surface area contributed by atoms with Crippen molar-refractivity contribution >= 4 is 28.7 Å². The molecule has 0 saturated carbocycles. The minimum absolute atomic E-state index is 0.539. The van der Waals surface area contributed by atoms with E-state index >= 15 is 0 Å². The van der Waals surface area contributed by atoms with E-state index in [9.17, 15) is 0 Å². The summed E-state index contributed by atoms with van der Waals surface area (Å²) in [7, 11) is 0. The predicted octanol–water partition coefficient (Wildman–Crippen LogP) is 3.07. The molecule has 0 bridgehead atoms. The molecule has 0 amide bonds. The third kappa shape index (κ3) is 2.93. The van der Waals surface area contributed by atoms with Crippen LogP contribution in [0.4, 0.5) is 5.95 Å². The quantitative estimate of drug-likeness (QED) is 0.620. The number of anilines is 1. The number of aromatic nitrogens is 4. The van der Waals surface area contributed by atoms with E-state index < -0.39 is 0 Å². The van der Waals surface area contributed by atoms with Crippen LogP contribution < -0.4 is 5.32 Å². The molecule has 2 aromatic heterocycles. The van der Waals surface area contributed by atoms with Crippen molar-refractivity contribution < 1.29 is 0 Å². The van der Waals surface area contributed by atoms with Crippen molar-refractivity contribution in [2.75, 3.05) is 11.9 Å². The highest BCUT2D eigenvalue weighted by Crippen LogP contribution is 2.29. The third-order valence-electron chi connectivity index (χ3n) is 2.70. The van der Waals surface area contributed by atoms with Gasteiger partial charge in [-0.1, -0.05) is 20.8 Å². The highest BCUT2D eigenvalue weighted by atomic mass is 32.2. The molecule has 0 fully saturated rings. The molecule has 0 aliphatic carbocycles. The molecule has 2 heterocycles. The van der Waals surface area contributed by atoms with E-state index in [2.05, 4.69) is 46.3 Å². The van der Waals surface area contributed by atoms with Crippen LogP contribution in [0.3, 0.4) is 0 Å². The average Bonchev–Trinajstić information content (AvgIpc) is 2.84. The van der Waals surface area contributed by atoms with Crippen LogP contribution in [0.5, 0.6) is 0 Å². The Morgan fingerprint density at radius 2 is 2.22 bits per heavy atom. The highest BCUT2D eigenvalue weighted by molar-refractivity contribution is 8.00. The Bertz CT molecular complexity index is 510. The lowest BCUT2D eigenvalue weighted by Crippen LogP contribution is -2.05. The summed E-state index contributed by atoms with van der Waals surface area (Å²) in [4.78, 5) is 8.99. The summed E-state index contributed by atoms with van der Waals surface area (Å²) in [5.74, 6) is 0.680. The zero-order chi connectivity index (χ0) is 13.0. The number of nitrogens with one attached hydrogen (secondary N) is 2. The first kappa shape index (κ1) is 13.1. The lowest BCUT2D eigenvalue weighted by atomic mass is 10.4. The van der Waals surface area contributed by atoms with Gasteiger partial charge in [-0.05, 0) is 12.8 Å². The number of H-pyrrole nitrogens is 1. The molecule has 2 rings (SSSR count). The Kier molecular flexibility index (Phi) is 4.41. The van der Waals surface area contributed by atoms with Gasteiger partial charge in [0.15, 0.2) is 5.65 Å². The summed E-state index contributed by atoms with van der Waals surface area (Å²) < 4.78 is 0. The van der Waals surface area contributed by atoms with Crippen molar-refractivity contribution in [2.45, 2.75) is 43.9 Å². The topological polar surface area (TPSA) is 66.5 Å². The molecule has 0 aliphatic rings. The minimum Gasteiger partial charge on any atom is -0.354 e. The molecule has 0 saturated heterocycles. The normalized spacial score (nSPS) is 12.8. The fourth-order valence-electron chi connectivity index (χ4n) is 1.49. The second-order valence-electron chi connectivity index (χ2n) is 4.25. The molecule has 6 heteroatoms. The Labute approximate surface area is 111 Å². The number of thioether (sulfide) groups is 1. The molecule has 18 heavy (non-hydrogen) atoms. The maximum atomic E-state index is 4.58. The summed E-state index contributed by atoms with van der Waals surface area (Å²) in [6.45, 7) is 7.39. The van der Waals surface area contributed by atoms with E-state index in [4.69, 9.17) is 0 Å². The second-order valence-corrected chi connectivity index (χ2v) is 5.68. The highest BCUT2D eigenvalue weighted by Gasteiger charge is 2.12. The Hall–Kier alpha value is -1.30. The van der Waals surface area contributed by atoms with Gasteiger partial charge in [-0.15, -0.1) is 11.8 Å². The van der Waals surface area contributed by atoms with Crippen LogP contribution in [0.15, 0.2) is 11.2 Å². The van der Waals surface area contributed by atoms with E-state index in [0.29, 0.717) is 11.2 Å². The van der Waals surface area contributed by atoms with Crippen LogP contribution in [0.25, 0.3) is 11.0 Å². The molecule has 2 aromatic rings. The van der Waals surface area contributed by atoms with Gasteiger partial charge in [0, 0.05) is 11.8 Å². The van der Waals surface area contributed by atoms with Gasteiger partial charge in [0.25, 0.3) is 0 Å². The number of fused-ring (bicyclic) bond motifs is 1. The zero-order valence-electron chi connectivity index (χ0n) is 11.0. The number of nitrogens with zero attached hydrogens (tertiary/aromatic N) is 3. The van der Waals surface area contributed by atoms with Gasteiger partial charge in [0.1, 0.15) is 5.03 Å². The van der Waals surface area contributed by atoms with Crippen molar-refractivity contribution in [2.24, 2.45) is 0 Å². The minimum atomic E-state index is 0.539. The standard InChI is InChI=1S/C12H19N5S/c1-4-6-13-12-15-10-9(7-14-17-10)11(16-12)18-8(3)5-2/h7-8H,4-6H2,1-3H3,(H2,13,14,15,16,17). The first-order valence-electron chi connectivity index (χ1n) is 6.36. The van der Waals surface area contributed by atoms with Crippen molar-refractivity contribution in [3.8, 4) is 0 Å². The smallest absolute Gasteiger partial charge is 0.225 e. The molecule has 0 aliphatic heterocycles. The average molecular weight is 265 g/mol. The van der Waals surface area contributed by atoms with E-state index in [0.717, 1.165) is 35.4 Å². The molecule has 1 atom stereocenters. The summed E-state index contributed by atoms with van der Waals surface area (Å²) in [5, 5.41) is 12.7. The molecule has 0 radical (unpaired) electrons. The fourth-order valence-corrected chi connectivity index (χ4v) is 2.45. The van der Waals surface area contributed by atoms with Gasteiger partial charge >= 0.3 is 0 Å². The first-order chi connectivity index (χ1) is 8.74. The predicted molar refractivity (Wildman–Crippen MR) is 76.1 cm³/mol. The van der Waals surface area contributed by atoms with Crippen LogP contribution in [0.2, 0.25) is 0 Å². The summed E-state index contributed by atoms with van der Waals surface area (Å²) in [6, 6.07) is 0. The molecule has 1 unspecified atom stereocenters. The monoisotopic (exact) mass is 265 g/mol. The molecule has 0 spiro atoms. The van der Waals surface area contributed by atoms with Gasteiger partial charge in [0.05, 0.1) is 11.6 Å². The molecule has 5 nitrogen and oxygen atoms in total. The number of hydrogen-bond donors (Lipinski definition) is 2. The maximum absolute atomic E-state index is 4.58. The lowest BCUT2D eigenvalue weighted by molar-refractivity contribution is 0.899. The third-order valence-corrected chi connectivity index (χ3v) is 3.97. The molecular weight excluding hydrogens is 246 g/mol. The van der Waals surface area contributed by atoms with E-state index in [1.165, 1.54) is 0 Å². The molecule has 2 N–H and O–H groups in total. The summed E-state index contributed by atoms with van der Waals surface area (Å²) >= 11 is 1.77. The number of rotatable bonds is 6. The van der Waals surface area contributed by atoms with E-state index in [1.54, 1.807) is 18.0 Å². The van der Waals surface area contributed by atoms with Crippen LogP contribution in [-0.2, 0) is 0 Å². The van der Waals surface area contributed by atoms with Gasteiger partial charge in [-0.2, -0.15) is 10.1 Å². The van der Waals surface area contributed by atoms with Gasteiger partial charge < -0.3 is 5.32 Å². The van der Waals surface area contributed by atoms with Gasteiger partial charge in [0.2, 0.25) is 5.95 Å². The molecule has 98 valence electrons. The Morgan fingerprint density at radius 1 is 1.39 bits per heavy atom. The summed E-state index contributed by atoms with van der Waals surface area (Å²) in [6.07, 6.45) is 3.97. The fraction of sp³-hybridized carbons (Fsp3) is 0.583. The number of hydrogen-bond acceptors (Lipinski definition) is 5. The molecular formula is C12H19N5S. The number of aromatic amines is 1. The SMILES string of the molecule is CCCNc1nc(SC(C)CC)c2cn[nH]c2n1. The van der Waals surface area contributed by atoms with Crippen molar-refractivity contribution in [1.29, 1.82) is 0 Å². The van der Waals surface area contributed by atoms with Crippen molar-refractivity contribution in [3.63, 3.8) is 0 Å². The largest absolute Gasteiger partial charge is 0.354 e. The van der Waals surface area contributed by atoms with Crippen LogP contribution in [0, 0.1) is 0 Å². The van der Waals surface area contributed by atoms with Crippen LogP contribution in [0.1, 0.15) is 33.6 Å².